The first-order chi connectivity index (χ1) is 9.24. The van der Waals surface area contributed by atoms with Crippen molar-refractivity contribution in [2.24, 2.45) is 5.92 Å². The zero-order valence-electron chi connectivity index (χ0n) is 14.5. The van der Waals surface area contributed by atoms with Crippen molar-refractivity contribution in [1.82, 2.24) is 10.2 Å². The lowest BCUT2D eigenvalue weighted by Gasteiger charge is -2.33. The Kier molecular flexibility index (Phi) is 6.84. The molecule has 2 atom stereocenters. The lowest BCUT2D eigenvalue weighted by molar-refractivity contribution is -0.0791. The molecule has 0 amide bonds. The van der Waals surface area contributed by atoms with E-state index in [2.05, 4.69) is 58.1 Å². The molecule has 1 rings (SSSR count). The molecule has 1 saturated heterocycles. The third-order valence-corrected chi connectivity index (χ3v) is 4.96. The molecule has 0 aromatic rings. The smallest absolute Gasteiger partial charge is 0.0790 e. The minimum Gasteiger partial charge on any atom is -0.368 e. The molecule has 2 unspecified atom stereocenters. The SMILES string of the molecule is CCCNC1C(CN(C)CCSC)C(C)(C)OC1(C)C. The summed E-state index contributed by atoms with van der Waals surface area (Å²) in [5.41, 5.74) is -0.161. The Balaban J connectivity index is 2.75. The summed E-state index contributed by atoms with van der Waals surface area (Å²) in [5.74, 6) is 1.72. The molecule has 0 aliphatic carbocycles. The molecule has 0 aromatic heterocycles. The predicted octanol–water partition coefficient (Wildman–Crippen LogP) is 2.85. The standard InChI is InChI=1S/C16H34N2OS/c1-8-9-17-14-13(12-18(6)10-11-20-7)15(2,3)19-16(14,4)5/h13-14,17H,8-12H2,1-7H3. The molecule has 1 fully saturated rings. The van der Waals surface area contributed by atoms with Crippen LogP contribution in [0, 0.1) is 5.92 Å². The van der Waals surface area contributed by atoms with E-state index in [1.54, 1.807) is 0 Å². The van der Waals surface area contributed by atoms with Gasteiger partial charge in [0.05, 0.1) is 11.2 Å². The Labute approximate surface area is 130 Å². The maximum Gasteiger partial charge on any atom is 0.0790 e. The molecule has 4 heteroatoms. The Morgan fingerprint density at radius 3 is 2.40 bits per heavy atom. The Hall–Kier alpha value is 0.230. The number of hydrogen-bond donors (Lipinski definition) is 1. The first-order valence-corrected chi connectivity index (χ1v) is 9.25. The van der Waals surface area contributed by atoms with Crippen molar-refractivity contribution >= 4 is 11.8 Å². The lowest BCUT2D eigenvalue weighted by Crippen LogP contribution is -2.51. The van der Waals surface area contributed by atoms with Gasteiger partial charge in [0.15, 0.2) is 0 Å². The number of ether oxygens (including phenoxy) is 1. The van der Waals surface area contributed by atoms with Crippen molar-refractivity contribution in [3.05, 3.63) is 0 Å². The summed E-state index contributed by atoms with van der Waals surface area (Å²) in [4.78, 5) is 2.45. The van der Waals surface area contributed by atoms with Crippen molar-refractivity contribution in [2.45, 2.75) is 58.3 Å². The molecule has 1 N–H and O–H groups in total. The number of nitrogens with zero attached hydrogens (tertiary/aromatic N) is 1. The van der Waals surface area contributed by atoms with Crippen LogP contribution in [-0.2, 0) is 4.74 Å². The first kappa shape index (κ1) is 18.3. The summed E-state index contributed by atoms with van der Waals surface area (Å²) < 4.78 is 6.37. The average Bonchev–Trinajstić information content (AvgIpc) is 2.50. The molecule has 1 aliphatic heterocycles. The molecule has 0 radical (unpaired) electrons. The van der Waals surface area contributed by atoms with Crippen LogP contribution in [0.4, 0.5) is 0 Å². The Morgan fingerprint density at radius 1 is 1.20 bits per heavy atom. The van der Waals surface area contributed by atoms with Gasteiger partial charge >= 0.3 is 0 Å². The van der Waals surface area contributed by atoms with E-state index in [0.717, 1.165) is 19.6 Å². The van der Waals surface area contributed by atoms with Crippen LogP contribution in [0.1, 0.15) is 41.0 Å². The van der Waals surface area contributed by atoms with E-state index >= 15 is 0 Å². The van der Waals surface area contributed by atoms with Crippen molar-refractivity contribution in [3.63, 3.8) is 0 Å². The summed E-state index contributed by atoms with van der Waals surface area (Å²) in [6.07, 6.45) is 3.34. The number of nitrogens with one attached hydrogen (secondary N) is 1. The first-order valence-electron chi connectivity index (χ1n) is 7.85. The average molecular weight is 303 g/mol. The molecule has 0 bridgehead atoms. The Bertz CT molecular complexity index is 294. The third-order valence-electron chi connectivity index (χ3n) is 4.37. The van der Waals surface area contributed by atoms with Crippen LogP contribution in [-0.4, -0.2) is 60.8 Å². The molecule has 20 heavy (non-hydrogen) atoms. The zero-order chi connectivity index (χ0) is 15.4. The second-order valence-corrected chi connectivity index (χ2v) is 8.09. The van der Waals surface area contributed by atoms with Gasteiger partial charge in [0, 0.05) is 30.8 Å². The van der Waals surface area contributed by atoms with Crippen molar-refractivity contribution < 1.29 is 4.74 Å². The summed E-state index contributed by atoms with van der Waals surface area (Å²) in [7, 11) is 2.23. The van der Waals surface area contributed by atoms with Gasteiger partial charge in [-0.1, -0.05) is 6.92 Å². The van der Waals surface area contributed by atoms with Crippen LogP contribution in [0.2, 0.25) is 0 Å². The fourth-order valence-electron chi connectivity index (χ4n) is 3.39. The van der Waals surface area contributed by atoms with Gasteiger partial charge in [-0.2, -0.15) is 11.8 Å². The minimum atomic E-state index is -0.0936. The molecule has 1 heterocycles. The fraction of sp³-hybridized carbons (Fsp3) is 1.00. The highest BCUT2D eigenvalue weighted by molar-refractivity contribution is 7.98. The van der Waals surface area contributed by atoms with E-state index in [4.69, 9.17) is 4.74 Å². The maximum absolute atomic E-state index is 6.37. The molecule has 0 aromatic carbocycles. The second-order valence-electron chi connectivity index (χ2n) is 7.10. The molecular weight excluding hydrogens is 268 g/mol. The Morgan fingerprint density at radius 2 is 1.85 bits per heavy atom. The van der Waals surface area contributed by atoms with Crippen LogP contribution in [0.3, 0.4) is 0 Å². The highest BCUT2D eigenvalue weighted by atomic mass is 32.2. The van der Waals surface area contributed by atoms with E-state index in [-0.39, 0.29) is 11.2 Å². The number of rotatable bonds is 8. The van der Waals surface area contributed by atoms with E-state index in [9.17, 15) is 0 Å². The third kappa shape index (κ3) is 4.62. The van der Waals surface area contributed by atoms with Crippen LogP contribution in [0.25, 0.3) is 0 Å². The molecule has 3 nitrogen and oxygen atoms in total. The molecule has 0 spiro atoms. The summed E-state index contributed by atoms with van der Waals surface area (Å²) in [6, 6.07) is 0.425. The normalized spacial score (nSPS) is 28.2. The van der Waals surface area contributed by atoms with Crippen molar-refractivity contribution in [3.8, 4) is 0 Å². The van der Waals surface area contributed by atoms with Gasteiger partial charge in [0.2, 0.25) is 0 Å². The summed E-state index contributed by atoms with van der Waals surface area (Å²) in [6.45, 7) is 14.5. The van der Waals surface area contributed by atoms with E-state index < -0.39 is 0 Å². The molecule has 1 aliphatic rings. The lowest BCUT2D eigenvalue weighted by atomic mass is 9.82. The summed E-state index contributed by atoms with van der Waals surface area (Å²) >= 11 is 1.91. The van der Waals surface area contributed by atoms with Crippen LogP contribution < -0.4 is 5.32 Å². The van der Waals surface area contributed by atoms with Gasteiger partial charge in [-0.05, 0) is 54.0 Å². The van der Waals surface area contributed by atoms with Gasteiger partial charge in [-0.15, -0.1) is 0 Å². The zero-order valence-corrected chi connectivity index (χ0v) is 15.3. The molecular formula is C16H34N2OS. The topological polar surface area (TPSA) is 24.5 Å². The monoisotopic (exact) mass is 302 g/mol. The van der Waals surface area contributed by atoms with Crippen LogP contribution in [0.15, 0.2) is 0 Å². The second kappa shape index (κ2) is 7.48. The predicted molar refractivity (Wildman–Crippen MR) is 90.7 cm³/mol. The number of thioether (sulfide) groups is 1. The maximum atomic E-state index is 6.37. The van der Waals surface area contributed by atoms with Gasteiger partial charge in [-0.25, -0.2) is 0 Å². The van der Waals surface area contributed by atoms with E-state index in [0.29, 0.717) is 12.0 Å². The van der Waals surface area contributed by atoms with Gasteiger partial charge in [0.25, 0.3) is 0 Å². The minimum absolute atomic E-state index is 0.0669. The van der Waals surface area contributed by atoms with E-state index in [1.165, 1.54) is 12.2 Å². The highest BCUT2D eigenvalue weighted by Gasteiger charge is 2.53. The number of hydrogen-bond acceptors (Lipinski definition) is 4. The summed E-state index contributed by atoms with van der Waals surface area (Å²) in [5, 5.41) is 3.73. The van der Waals surface area contributed by atoms with Crippen molar-refractivity contribution in [2.75, 3.05) is 38.7 Å². The largest absolute Gasteiger partial charge is 0.368 e. The van der Waals surface area contributed by atoms with Gasteiger partial charge < -0.3 is 15.0 Å². The quantitative estimate of drug-likeness (QED) is 0.745. The molecule has 120 valence electrons. The van der Waals surface area contributed by atoms with Crippen LogP contribution >= 0.6 is 11.8 Å². The van der Waals surface area contributed by atoms with Crippen LogP contribution in [0.5, 0.6) is 0 Å². The van der Waals surface area contributed by atoms with Gasteiger partial charge in [-0.3, -0.25) is 0 Å². The van der Waals surface area contributed by atoms with Gasteiger partial charge in [0.1, 0.15) is 0 Å². The fourth-order valence-corrected chi connectivity index (χ4v) is 3.88. The molecule has 0 saturated carbocycles. The van der Waals surface area contributed by atoms with E-state index in [1.807, 2.05) is 11.8 Å². The van der Waals surface area contributed by atoms with Crippen molar-refractivity contribution in [1.29, 1.82) is 0 Å². The highest BCUT2D eigenvalue weighted by Crippen LogP contribution is 2.42.